The third-order valence-corrected chi connectivity index (χ3v) is 2.24. The lowest BCUT2D eigenvalue weighted by Gasteiger charge is -2.22. The van der Waals surface area contributed by atoms with E-state index >= 15 is 0 Å². The predicted octanol–water partition coefficient (Wildman–Crippen LogP) is 3.05. The minimum atomic E-state index is 0.666. The third kappa shape index (κ3) is 8.07. The molecule has 0 N–H and O–H groups in total. The molecule has 0 fully saturated rings. The van der Waals surface area contributed by atoms with Crippen LogP contribution in [0.15, 0.2) is 0 Å². The Kier molecular flexibility index (Phi) is 8.67. The molecular weight excluding hydrogens is 172 g/mol. The van der Waals surface area contributed by atoms with Gasteiger partial charge in [-0.15, -0.1) is 0 Å². The van der Waals surface area contributed by atoms with Crippen LogP contribution in [0.3, 0.4) is 0 Å². The smallest absolute Gasteiger partial charge is 0.0635 e. The topological polar surface area (TPSA) is 27.0 Å². The van der Waals surface area contributed by atoms with E-state index in [9.17, 15) is 0 Å². The lowest BCUT2D eigenvalue weighted by Crippen LogP contribution is -2.29. The minimum absolute atomic E-state index is 0.666. The Morgan fingerprint density at radius 2 is 1.93 bits per heavy atom. The fraction of sp³-hybridized carbons (Fsp3) is 0.917. The van der Waals surface area contributed by atoms with Gasteiger partial charge in [0, 0.05) is 19.5 Å². The van der Waals surface area contributed by atoms with Gasteiger partial charge in [0.1, 0.15) is 0 Å². The van der Waals surface area contributed by atoms with E-state index < -0.39 is 0 Å². The molecule has 0 atom stereocenters. The molecule has 0 aromatic carbocycles. The first-order valence-electron chi connectivity index (χ1n) is 5.80. The van der Waals surface area contributed by atoms with Crippen LogP contribution < -0.4 is 0 Å². The molecule has 2 heteroatoms. The van der Waals surface area contributed by atoms with Gasteiger partial charge in [0.15, 0.2) is 0 Å². The minimum Gasteiger partial charge on any atom is -0.302 e. The normalized spacial score (nSPS) is 10.9. The molecule has 0 bridgehead atoms. The summed E-state index contributed by atoms with van der Waals surface area (Å²) in [7, 11) is 0. The van der Waals surface area contributed by atoms with Gasteiger partial charge in [-0.05, 0) is 18.9 Å². The van der Waals surface area contributed by atoms with Gasteiger partial charge in [-0.1, -0.05) is 33.6 Å². The van der Waals surface area contributed by atoms with Crippen molar-refractivity contribution in [3.63, 3.8) is 0 Å². The summed E-state index contributed by atoms with van der Waals surface area (Å²) in [5.74, 6) is 0.704. The van der Waals surface area contributed by atoms with Crippen LogP contribution in [0.5, 0.6) is 0 Å². The zero-order chi connectivity index (χ0) is 10.8. The Morgan fingerprint density at radius 1 is 1.21 bits per heavy atom. The maximum Gasteiger partial charge on any atom is 0.0635 e. The zero-order valence-corrected chi connectivity index (χ0v) is 9.92. The molecule has 14 heavy (non-hydrogen) atoms. The van der Waals surface area contributed by atoms with E-state index in [1.54, 1.807) is 0 Å². The van der Waals surface area contributed by atoms with Gasteiger partial charge in [0.2, 0.25) is 0 Å². The van der Waals surface area contributed by atoms with Crippen molar-refractivity contribution in [2.24, 2.45) is 5.92 Å². The van der Waals surface area contributed by atoms with Crippen molar-refractivity contribution in [2.45, 2.75) is 46.5 Å². The second kappa shape index (κ2) is 9.02. The van der Waals surface area contributed by atoms with Gasteiger partial charge in [-0.3, -0.25) is 0 Å². The Balaban J connectivity index is 3.67. The molecule has 0 aliphatic rings. The summed E-state index contributed by atoms with van der Waals surface area (Å²) in [4.78, 5) is 2.42. The summed E-state index contributed by atoms with van der Waals surface area (Å²) >= 11 is 0. The van der Waals surface area contributed by atoms with E-state index in [0.717, 1.165) is 19.6 Å². The van der Waals surface area contributed by atoms with Crippen molar-refractivity contribution in [3.05, 3.63) is 0 Å². The van der Waals surface area contributed by atoms with Crippen LogP contribution >= 0.6 is 0 Å². The molecule has 0 rings (SSSR count). The fourth-order valence-corrected chi connectivity index (χ4v) is 1.60. The average molecular weight is 196 g/mol. The quantitative estimate of drug-likeness (QED) is 0.558. The summed E-state index contributed by atoms with van der Waals surface area (Å²) in [6.45, 7) is 9.93. The van der Waals surface area contributed by atoms with Gasteiger partial charge in [-0.2, -0.15) is 5.26 Å². The molecule has 0 aromatic rings. The van der Waals surface area contributed by atoms with Crippen LogP contribution in [-0.4, -0.2) is 24.5 Å². The number of rotatable bonds is 8. The lowest BCUT2D eigenvalue weighted by atomic mass is 10.2. The van der Waals surface area contributed by atoms with Crippen molar-refractivity contribution < 1.29 is 0 Å². The highest BCUT2D eigenvalue weighted by Crippen LogP contribution is 2.03. The molecule has 0 heterocycles. The number of hydrogen-bond acceptors (Lipinski definition) is 2. The molecule has 0 radical (unpaired) electrons. The number of nitrogens with zero attached hydrogens (tertiary/aromatic N) is 2. The summed E-state index contributed by atoms with van der Waals surface area (Å²) in [5.41, 5.74) is 0. The van der Waals surface area contributed by atoms with E-state index in [1.165, 1.54) is 19.3 Å². The van der Waals surface area contributed by atoms with E-state index in [1.807, 2.05) is 0 Å². The standard InChI is InChI=1S/C12H24N2/c1-4-5-6-9-14(10-7-8-13)11-12(2)3/h12H,4-7,9-11H2,1-3H3. The molecule has 82 valence electrons. The highest BCUT2D eigenvalue weighted by Gasteiger charge is 2.05. The third-order valence-electron chi connectivity index (χ3n) is 2.24. The van der Waals surface area contributed by atoms with Gasteiger partial charge in [0.25, 0.3) is 0 Å². The van der Waals surface area contributed by atoms with Crippen molar-refractivity contribution in [2.75, 3.05) is 19.6 Å². The van der Waals surface area contributed by atoms with E-state index in [-0.39, 0.29) is 0 Å². The van der Waals surface area contributed by atoms with Crippen LogP contribution in [0.25, 0.3) is 0 Å². The average Bonchev–Trinajstić information content (AvgIpc) is 2.13. The molecular formula is C12H24N2. The van der Waals surface area contributed by atoms with Gasteiger partial charge in [0.05, 0.1) is 6.07 Å². The van der Waals surface area contributed by atoms with Gasteiger partial charge in [-0.25, -0.2) is 0 Å². The van der Waals surface area contributed by atoms with E-state index in [0.29, 0.717) is 12.3 Å². The first-order valence-corrected chi connectivity index (χ1v) is 5.80. The van der Waals surface area contributed by atoms with Crippen LogP contribution in [-0.2, 0) is 0 Å². The van der Waals surface area contributed by atoms with Crippen LogP contribution in [0.2, 0.25) is 0 Å². The molecule has 0 spiro atoms. The Labute approximate surface area is 88.9 Å². The van der Waals surface area contributed by atoms with Crippen LogP contribution in [0, 0.1) is 17.2 Å². The number of hydrogen-bond donors (Lipinski definition) is 0. The van der Waals surface area contributed by atoms with Crippen molar-refractivity contribution in [1.82, 2.24) is 4.90 Å². The highest BCUT2D eigenvalue weighted by molar-refractivity contribution is 4.72. The number of unbranched alkanes of at least 4 members (excludes halogenated alkanes) is 2. The molecule has 0 aliphatic carbocycles. The fourth-order valence-electron chi connectivity index (χ4n) is 1.60. The molecule has 0 aromatic heterocycles. The summed E-state index contributed by atoms with van der Waals surface area (Å²) in [6, 6.07) is 2.22. The molecule has 0 saturated heterocycles. The van der Waals surface area contributed by atoms with Crippen molar-refractivity contribution in [3.8, 4) is 6.07 Å². The van der Waals surface area contributed by atoms with Gasteiger partial charge < -0.3 is 4.90 Å². The molecule has 0 unspecified atom stereocenters. The first-order chi connectivity index (χ1) is 6.70. The first kappa shape index (κ1) is 13.4. The lowest BCUT2D eigenvalue weighted by molar-refractivity contribution is 0.244. The van der Waals surface area contributed by atoms with Crippen LogP contribution in [0.4, 0.5) is 0 Å². The Bertz CT molecular complexity index is 158. The molecule has 0 saturated carbocycles. The van der Waals surface area contributed by atoms with E-state index in [4.69, 9.17) is 5.26 Å². The largest absolute Gasteiger partial charge is 0.302 e. The van der Waals surface area contributed by atoms with Crippen LogP contribution in [0.1, 0.15) is 46.5 Å². The maximum atomic E-state index is 8.54. The summed E-state index contributed by atoms with van der Waals surface area (Å²) in [5, 5.41) is 8.54. The monoisotopic (exact) mass is 196 g/mol. The van der Waals surface area contributed by atoms with Crippen molar-refractivity contribution in [1.29, 1.82) is 5.26 Å². The van der Waals surface area contributed by atoms with Gasteiger partial charge >= 0.3 is 0 Å². The highest BCUT2D eigenvalue weighted by atomic mass is 15.1. The SMILES string of the molecule is CCCCCN(CCC#N)CC(C)C. The molecule has 2 nitrogen and oxygen atoms in total. The maximum absolute atomic E-state index is 8.54. The summed E-state index contributed by atoms with van der Waals surface area (Å²) < 4.78 is 0. The zero-order valence-electron chi connectivity index (χ0n) is 9.92. The van der Waals surface area contributed by atoms with Crippen molar-refractivity contribution >= 4 is 0 Å². The summed E-state index contributed by atoms with van der Waals surface area (Å²) in [6.07, 6.45) is 4.52. The second-order valence-electron chi connectivity index (χ2n) is 4.31. The Morgan fingerprint density at radius 3 is 2.43 bits per heavy atom. The number of nitriles is 1. The van der Waals surface area contributed by atoms with E-state index in [2.05, 4.69) is 31.7 Å². The molecule has 0 amide bonds. The predicted molar refractivity (Wildman–Crippen MR) is 61.0 cm³/mol. The second-order valence-corrected chi connectivity index (χ2v) is 4.31. The molecule has 0 aliphatic heterocycles. The Hall–Kier alpha value is -0.550.